The lowest BCUT2D eigenvalue weighted by Gasteiger charge is -2.09. The summed E-state index contributed by atoms with van der Waals surface area (Å²) < 4.78 is 24.9. The second-order valence-electron chi connectivity index (χ2n) is 6.13. The van der Waals surface area contributed by atoms with Gasteiger partial charge in [-0.05, 0) is 48.9 Å². The van der Waals surface area contributed by atoms with E-state index in [1.54, 1.807) is 18.2 Å². The number of hydrogen-bond donors (Lipinski definition) is 2. The number of rotatable bonds is 1. The third-order valence-electron chi connectivity index (χ3n) is 4.63. The molecule has 0 amide bonds. The van der Waals surface area contributed by atoms with Crippen LogP contribution in [0, 0.1) is 0 Å². The molecule has 2 N–H and O–H groups in total. The largest absolute Gasteiger partial charge is 0.494 e. The Balaban J connectivity index is 1.86. The average Bonchev–Trinajstić information content (AvgIpc) is 2.92. The summed E-state index contributed by atoms with van der Waals surface area (Å²) in [5.41, 5.74) is 3.80. The summed E-state index contributed by atoms with van der Waals surface area (Å²) in [6.07, 6.45) is 3.54. The van der Waals surface area contributed by atoms with Gasteiger partial charge in [-0.2, -0.15) is 0 Å². The number of aromatic nitrogens is 1. The van der Waals surface area contributed by atoms with E-state index in [9.17, 15) is 18.6 Å². The Bertz CT molecular complexity index is 851. The molecule has 4 rings (SSSR count). The molecule has 2 heterocycles. The first-order valence-corrected chi connectivity index (χ1v) is 9.25. The lowest BCUT2D eigenvalue weighted by Crippen LogP contribution is -1.98. The van der Waals surface area contributed by atoms with Crippen molar-refractivity contribution in [3.8, 4) is 17.4 Å². The van der Waals surface area contributed by atoms with Crippen molar-refractivity contribution >= 4 is 9.84 Å². The highest BCUT2D eigenvalue weighted by atomic mass is 32.2. The first-order chi connectivity index (χ1) is 10.5. The van der Waals surface area contributed by atoms with Crippen LogP contribution in [-0.2, 0) is 34.2 Å². The minimum atomic E-state index is -3.06. The second kappa shape index (κ2) is 4.52. The van der Waals surface area contributed by atoms with Gasteiger partial charge >= 0.3 is 0 Å². The number of aromatic hydroxyl groups is 2. The minimum Gasteiger partial charge on any atom is -0.494 e. The molecule has 0 spiro atoms. The molecule has 6 heteroatoms. The Morgan fingerprint density at radius 1 is 0.909 bits per heavy atom. The van der Waals surface area contributed by atoms with Crippen molar-refractivity contribution < 1.29 is 18.6 Å². The summed E-state index contributed by atoms with van der Waals surface area (Å²) in [5.74, 6) is 0.252. The third kappa shape index (κ3) is 1.94. The molecule has 0 fully saturated rings. The van der Waals surface area contributed by atoms with Crippen LogP contribution in [-0.4, -0.2) is 23.2 Å². The Morgan fingerprint density at radius 2 is 1.50 bits per heavy atom. The molecule has 0 bridgehead atoms. The molecular formula is C16H17NO4S. The Labute approximate surface area is 128 Å². The quantitative estimate of drug-likeness (QED) is 0.844. The van der Waals surface area contributed by atoms with E-state index in [0.29, 0.717) is 5.69 Å². The maximum absolute atomic E-state index is 11.7. The van der Waals surface area contributed by atoms with Crippen LogP contribution >= 0.6 is 0 Å². The van der Waals surface area contributed by atoms with Crippen molar-refractivity contribution in [1.82, 2.24) is 4.57 Å². The van der Waals surface area contributed by atoms with Crippen LogP contribution in [0.1, 0.15) is 35.1 Å². The highest BCUT2D eigenvalue weighted by Crippen LogP contribution is 2.41. The fourth-order valence-electron chi connectivity index (χ4n) is 3.57. The number of sulfone groups is 1. The first-order valence-electron chi connectivity index (χ1n) is 7.43. The second-order valence-corrected chi connectivity index (χ2v) is 8.20. The molecule has 5 nitrogen and oxygen atoms in total. The van der Waals surface area contributed by atoms with Gasteiger partial charge in [0.15, 0.2) is 9.84 Å². The number of fused-ring (bicyclic) bond motifs is 2. The zero-order valence-electron chi connectivity index (χ0n) is 12.0. The number of nitrogens with zero attached hydrogens (tertiary/aromatic N) is 1. The third-order valence-corrected chi connectivity index (χ3v) is 6.13. The summed E-state index contributed by atoms with van der Waals surface area (Å²) in [5, 5.41) is 20.9. The molecule has 0 radical (unpaired) electrons. The maximum Gasteiger partial charge on any atom is 0.202 e. The van der Waals surface area contributed by atoms with Crippen LogP contribution in [0.25, 0.3) is 5.69 Å². The van der Waals surface area contributed by atoms with Gasteiger partial charge in [-0.3, -0.25) is 4.57 Å². The van der Waals surface area contributed by atoms with Crippen molar-refractivity contribution in [3.05, 3.63) is 40.5 Å². The molecule has 0 unspecified atom stereocenters. The van der Waals surface area contributed by atoms with Crippen LogP contribution in [0.15, 0.2) is 18.2 Å². The number of hydrogen-bond acceptors (Lipinski definition) is 4. The van der Waals surface area contributed by atoms with E-state index in [4.69, 9.17) is 0 Å². The van der Waals surface area contributed by atoms with Gasteiger partial charge in [0.25, 0.3) is 0 Å². The standard InChI is InChI=1S/C16H17NO4S/c18-15-13-3-1-2-4-14(13)16(19)17(15)12-6-5-10-8-22(20,21)9-11(10)7-12/h5-7,18-19H,1-4,8-9H2. The van der Waals surface area contributed by atoms with Crippen LogP contribution in [0.3, 0.4) is 0 Å². The number of benzene rings is 1. The molecule has 1 aromatic carbocycles. The molecular weight excluding hydrogens is 302 g/mol. The fraction of sp³-hybridized carbons (Fsp3) is 0.375. The molecule has 0 atom stereocenters. The van der Waals surface area contributed by atoms with E-state index in [-0.39, 0.29) is 23.3 Å². The summed E-state index contributed by atoms with van der Waals surface area (Å²) in [4.78, 5) is 0. The molecule has 1 aliphatic heterocycles. The van der Waals surface area contributed by atoms with Gasteiger partial charge in [0, 0.05) is 11.1 Å². The van der Waals surface area contributed by atoms with Crippen molar-refractivity contribution in [1.29, 1.82) is 0 Å². The average molecular weight is 319 g/mol. The normalized spacial score (nSPS) is 18.9. The van der Waals surface area contributed by atoms with E-state index in [1.807, 2.05) is 0 Å². The van der Waals surface area contributed by atoms with Crippen molar-refractivity contribution in [2.24, 2.45) is 0 Å². The Morgan fingerprint density at radius 3 is 2.14 bits per heavy atom. The molecule has 22 heavy (non-hydrogen) atoms. The van der Waals surface area contributed by atoms with E-state index < -0.39 is 9.84 Å². The van der Waals surface area contributed by atoms with Crippen molar-refractivity contribution in [2.75, 3.05) is 0 Å². The molecule has 0 saturated carbocycles. The van der Waals surface area contributed by atoms with E-state index in [2.05, 4.69) is 0 Å². The molecule has 0 saturated heterocycles. The van der Waals surface area contributed by atoms with Crippen LogP contribution in [0.5, 0.6) is 11.8 Å². The fourth-order valence-corrected chi connectivity index (χ4v) is 5.17. The van der Waals surface area contributed by atoms with Gasteiger partial charge in [0.2, 0.25) is 11.8 Å². The Hall–Kier alpha value is -1.95. The SMILES string of the molecule is O=S1(=O)Cc2ccc(-n3c(O)c4c(c3O)CCCC4)cc2C1. The van der Waals surface area contributed by atoms with Gasteiger partial charge in [-0.25, -0.2) is 8.42 Å². The smallest absolute Gasteiger partial charge is 0.202 e. The summed E-state index contributed by atoms with van der Waals surface area (Å²) in [6.45, 7) is 0. The summed E-state index contributed by atoms with van der Waals surface area (Å²) in [6, 6.07) is 5.28. The van der Waals surface area contributed by atoms with Gasteiger partial charge in [-0.15, -0.1) is 0 Å². The maximum atomic E-state index is 11.7. The van der Waals surface area contributed by atoms with E-state index in [1.165, 1.54) is 4.57 Å². The molecule has 1 aromatic heterocycles. The molecule has 116 valence electrons. The van der Waals surface area contributed by atoms with Gasteiger partial charge in [-0.1, -0.05) is 6.07 Å². The molecule has 1 aliphatic carbocycles. The topological polar surface area (TPSA) is 79.5 Å². The van der Waals surface area contributed by atoms with Crippen molar-refractivity contribution in [2.45, 2.75) is 37.2 Å². The minimum absolute atomic E-state index is 0.0265. The van der Waals surface area contributed by atoms with E-state index in [0.717, 1.165) is 47.9 Å². The predicted molar refractivity (Wildman–Crippen MR) is 82.1 cm³/mol. The van der Waals surface area contributed by atoms with Gasteiger partial charge in [0.1, 0.15) is 0 Å². The Kier molecular flexibility index (Phi) is 2.81. The lowest BCUT2D eigenvalue weighted by atomic mass is 9.95. The van der Waals surface area contributed by atoms with Crippen LogP contribution in [0.2, 0.25) is 0 Å². The summed E-state index contributed by atoms with van der Waals surface area (Å²) >= 11 is 0. The highest BCUT2D eigenvalue weighted by molar-refractivity contribution is 7.90. The van der Waals surface area contributed by atoms with Gasteiger partial charge < -0.3 is 10.2 Å². The molecule has 2 aliphatic rings. The molecule has 2 aromatic rings. The van der Waals surface area contributed by atoms with Gasteiger partial charge in [0.05, 0.1) is 17.2 Å². The first kappa shape index (κ1) is 13.7. The monoisotopic (exact) mass is 319 g/mol. The van der Waals surface area contributed by atoms with Crippen LogP contribution in [0.4, 0.5) is 0 Å². The van der Waals surface area contributed by atoms with E-state index >= 15 is 0 Å². The zero-order chi connectivity index (χ0) is 15.5. The van der Waals surface area contributed by atoms with Crippen molar-refractivity contribution in [3.63, 3.8) is 0 Å². The summed E-state index contributed by atoms with van der Waals surface area (Å²) in [7, 11) is -3.06. The predicted octanol–water partition coefficient (Wildman–Crippen LogP) is 2.20. The zero-order valence-corrected chi connectivity index (χ0v) is 12.9. The lowest BCUT2D eigenvalue weighted by molar-refractivity contribution is 0.399. The highest BCUT2D eigenvalue weighted by Gasteiger charge is 2.28. The van der Waals surface area contributed by atoms with Crippen LogP contribution < -0.4 is 0 Å².